The summed E-state index contributed by atoms with van der Waals surface area (Å²) in [6, 6.07) is 11.9. The molecule has 0 spiro atoms. The second-order valence-corrected chi connectivity index (χ2v) is 9.76. The lowest BCUT2D eigenvalue weighted by atomic mass is 10.1. The van der Waals surface area contributed by atoms with Crippen LogP contribution in [0.3, 0.4) is 0 Å². The molecule has 32 heavy (non-hydrogen) atoms. The van der Waals surface area contributed by atoms with Gasteiger partial charge >= 0.3 is 0 Å². The summed E-state index contributed by atoms with van der Waals surface area (Å²) >= 11 is 0. The number of hydrogen-bond acceptors (Lipinski definition) is 8. The molecule has 0 amide bonds. The zero-order chi connectivity index (χ0) is 22.5. The van der Waals surface area contributed by atoms with E-state index in [0.29, 0.717) is 17.6 Å². The van der Waals surface area contributed by atoms with Crippen LogP contribution < -0.4 is 10.5 Å². The molecule has 0 unspecified atom stereocenters. The van der Waals surface area contributed by atoms with Gasteiger partial charge in [0.2, 0.25) is 10.0 Å². The second-order valence-electron chi connectivity index (χ2n) is 7.99. The Morgan fingerprint density at radius 3 is 2.66 bits per heavy atom. The molecule has 5 N–H and O–H groups in total. The minimum atomic E-state index is -3.79. The van der Waals surface area contributed by atoms with Crippen LogP contribution in [-0.4, -0.2) is 56.9 Å². The molecule has 0 saturated heterocycles. The molecule has 2 aromatic carbocycles. The van der Waals surface area contributed by atoms with Crippen molar-refractivity contribution < 1.29 is 18.6 Å². The molecule has 1 fully saturated rings. The van der Waals surface area contributed by atoms with Crippen molar-refractivity contribution in [3.05, 3.63) is 55.1 Å². The molecule has 5 rings (SSSR count). The Labute approximate surface area is 183 Å². The average molecular weight is 455 g/mol. The van der Waals surface area contributed by atoms with Crippen molar-refractivity contribution in [1.82, 2.24) is 24.2 Å². The first-order valence-electron chi connectivity index (χ1n) is 10.1. The maximum absolute atomic E-state index is 12.8. The molecular formula is C21H22N6O4S. The number of sulfonamides is 1. The van der Waals surface area contributed by atoms with Gasteiger partial charge in [-0.05, 0) is 29.3 Å². The van der Waals surface area contributed by atoms with Crippen LogP contribution in [0.2, 0.25) is 0 Å². The van der Waals surface area contributed by atoms with Gasteiger partial charge in [-0.3, -0.25) is 0 Å². The van der Waals surface area contributed by atoms with Crippen LogP contribution >= 0.6 is 0 Å². The number of aliphatic hydroxyl groups excluding tert-OH is 2. The number of rotatable bonds is 5. The molecule has 0 bridgehead atoms. The lowest BCUT2D eigenvalue weighted by Crippen LogP contribution is -2.36. The van der Waals surface area contributed by atoms with Gasteiger partial charge < -0.3 is 20.5 Å². The molecule has 0 aliphatic heterocycles. The number of imidazole rings is 1. The molecule has 0 radical (unpaired) electrons. The van der Waals surface area contributed by atoms with Gasteiger partial charge in [-0.1, -0.05) is 30.3 Å². The Balaban J connectivity index is 1.34. The van der Waals surface area contributed by atoms with Crippen molar-refractivity contribution in [3.8, 4) is 0 Å². The normalized spacial score (nSPS) is 23.8. The number of nitrogens with one attached hydrogen (secondary N) is 1. The van der Waals surface area contributed by atoms with Crippen molar-refractivity contribution in [2.24, 2.45) is 5.92 Å². The second kappa shape index (κ2) is 7.78. The molecule has 2 aromatic heterocycles. The topological polar surface area (TPSA) is 156 Å². The zero-order valence-corrected chi connectivity index (χ0v) is 17.7. The third-order valence-electron chi connectivity index (χ3n) is 6.08. The summed E-state index contributed by atoms with van der Waals surface area (Å²) in [5.41, 5.74) is 6.69. The van der Waals surface area contributed by atoms with Crippen molar-refractivity contribution in [3.63, 3.8) is 0 Å². The van der Waals surface area contributed by atoms with Crippen LogP contribution in [0, 0.1) is 5.92 Å². The van der Waals surface area contributed by atoms with Crippen LogP contribution in [0.15, 0.2) is 60.0 Å². The largest absolute Gasteiger partial charge is 0.390 e. The SMILES string of the molecule is Nc1ncnc2c1ncn2[C@@H]1C[C@H](CNS(=O)(=O)c2ccc3ccccc3c2)[C@@H](O)[C@H]1O. The summed E-state index contributed by atoms with van der Waals surface area (Å²) < 4.78 is 29.9. The third kappa shape index (κ3) is 3.48. The summed E-state index contributed by atoms with van der Waals surface area (Å²) in [5.74, 6) is -0.275. The van der Waals surface area contributed by atoms with Crippen LogP contribution in [-0.2, 0) is 10.0 Å². The van der Waals surface area contributed by atoms with Gasteiger partial charge in [-0.2, -0.15) is 0 Å². The number of nitrogens with two attached hydrogens (primary N) is 1. The molecule has 11 heteroatoms. The van der Waals surface area contributed by atoms with Gasteiger partial charge in [0, 0.05) is 12.5 Å². The van der Waals surface area contributed by atoms with Gasteiger partial charge in [0.15, 0.2) is 11.5 Å². The Morgan fingerprint density at radius 1 is 1.06 bits per heavy atom. The first-order chi connectivity index (χ1) is 15.3. The number of hydrogen-bond donors (Lipinski definition) is 4. The molecule has 10 nitrogen and oxygen atoms in total. The molecule has 1 aliphatic rings. The van der Waals surface area contributed by atoms with E-state index < -0.39 is 34.2 Å². The monoisotopic (exact) mass is 454 g/mol. The van der Waals surface area contributed by atoms with Crippen LogP contribution in [0.4, 0.5) is 5.82 Å². The van der Waals surface area contributed by atoms with Gasteiger partial charge in [0.05, 0.1) is 23.4 Å². The maximum atomic E-state index is 12.8. The lowest BCUT2D eigenvalue weighted by Gasteiger charge is -2.18. The third-order valence-corrected chi connectivity index (χ3v) is 7.50. The summed E-state index contributed by atoms with van der Waals surface area (Å²) in [6.45, 7) is -0.0202. The summed E-state index contributed by atoms with van der Waals surface area (Å²) in [4.78, 5) is 12.4. The first kappa shape index (κ1) is 20.8. The molecular weight excluding hydrogens is 432 g/mol. The number of fused-ring (bicyclic) bond motifs is 2. The highest BCUT2D eigenvalue weighted by atomic mass is 32.2. The van der Waals surface area contributed by atoms with Gasteiger partial charge in [-0.25, -0.2) is 28.1 Å². The van der Waals surface area contributed by atoms with E-state index in [0.717, 1.165) is 10.8 Å². The van der Waals surface area contributed by atoms with Gasteiger partial charge in [0.25, 0.3) is 0 Å². The number of aromatic nitrogens is 4. The first-order valence-corrected chi connectivity index (χ1v) is 11.6. The average Bonchev–Trinajstić information content (AvgIpc) is 3.34. The van der Waals surface area contributed by atoms with E-state index in [1.165, 1.54) is 12.7 Å². The van der Waals surface area contributed by atoms with E-state index in [4.69, 9.17) is 5.73 Å². The fourth-order valence-corrected chi connectivity index (χ4v) is 5.45. The van der Waals surface area contributed by atoms with Crippen molar-refractivity contribution in [2.75, 3.05) is 12.3 Å². The van der Waals surface area contributed by atoms with E-state index in [1.807, 2.05) is 24.3 Å². The molecule has 166 valence electrons. The number of aliphatic hydroxyl groups is 2. The molecule has 1 aliphatic carbocycles. The molecule has 4 atom stereocenters. The Morgan fingerprint density at radius 2 is 1.84 bits per heavy atom. The van der Waals surface area contributed by atoms with Crippen LogP contribution in [0.1, 0.15) is 12.5 Å². The molecule has 4 aromatic rings. The van der Waals surface area contributed by atoms with E-state index in [1.54, 1.807) is 22.8 Å². The van der Waals surface area contributed by atoms with E-state index in [-0.39, 0.29) is 17.3 Å². The van der Waals surface area contributed by atoms with Crippen LogP contribution in [0.25, 0.3) is 21.9 Å². The predicted molar refractivity (Wildman–Crippen MR) is 118 cm³/mol. The highest BCUT2D eigenvalue weighted by Crippen LogP contribution is 2.37. The smallest absolute Gasteiger partial charge is 0.240 e. The van der Waals surface area contributed by atoms with Crippen LogP contribution in [0.5, 0.6) is 0 Å². The number of nitrogens with zero attached hydrogens (tertiary/aromatic N) is 4. The summed E-state index contributed by atoms with van der Waals surface area (Å²) in [7, 11) is -3.79. The van der Waals surface area contributed by atoms with E-state index in [2.05, 4.69) is 19.7 Å². The zero-order valence-electron chi connectivity index (χ0n) is 16.9. The minimum absolute atomic E-state index is 0.0202. The summed E-state index contributed by atoms with van der Waals surface area (Å²) in [6.07, 6.45) is 0.910. The van der Waals surface area contributed by atoms with Crippen molar-refractivity contribution >= 4 is 37.8 Å². The minimum Gasteiger partial charge on any atom is -0.390 e. The maximum Gasteiger partial charge on any atom is 0.240 e. The van der Waals surface area contributed by atoms with Crippen molar-refractivity contribution in [1.29, 1.82) is 0 Å². The van der Waals surface area contributed by atoms with Gasteiger partial charge in [-0.15, -0.1) is 0 Å². The Bertz CT molecular complexity index is 1410. The number of nitrogen functional groups attached to an aromatic ring is 1. The predicted octanol–water partition coefficient (Wildman–Crippen LogP) is 0.823. The Hall–Kier alpha value is -3.12. The summed E-state index contributed by atoms with van der Waals surface area (Å²) in [5, 5.41) is 23.0. The highest BCUT2D eigenvalue weighted by Gasteiger charge is 2.43. The fourth-order valence-electron chi connectivity index (χ4n) is 4.33. The molecule has 2 heterocycles. The highest BCUT2D eigenvalue weighted by molar-refractivity contribution is 7.89. The fraction of sp³-hybridized carbons (Fsp3) is 0.286. The van der Waals surface area contributed by atoms with Crippen molar-refractivity contribution in [2.45, 2.75) is 29.6 Å². The number of anilines is 1. The standard InChI is InChI=1S/C21H22N6O4S/c22-20-17-21(24-10-23-20)27(11-25-17)16-8-14(18(28)19(16)29)9-26-32(30,31)15-6-5-12-3-1-2-4-13(12)7-15/h1-7,10-11,14,16,18-19,26,28-29H,8-9H2,(H2,22,23,24)/t14-,16-,18-,19+/m1/s1. The molecule has 1 saturated carbocycles. The number of benzene rings is 2. The lowest BCUT2D eigenvalue weighted by molar-refractivity contribution is 0.00762. The Kier molecular flexibility index (Phi) is 5.05. The quantitative estimate of drug-likeness (QED) is 0.345. The van der Waals surface area contributed by atoms with Gasteiger partial charge in [0.1, 0.15) is 17.9 Å². The van der Waals surface area contributed by atoms with E-state index >= 15 is 0 Å². The van der Waals surface area contributed by atoms with E-state index in [9.17, 15) is 18.6 Å².